The van der Waals surface area contributed by atoms with E-state index in [-0.39, 0.29) is 0 Å². The van der Waals surface area contributed by atoms with Crippen LogP contribution < -0.4 is 0 Å². The molecular weight excluding hydrogens is 148 g/mol. The SMILES string of the molecule is C/N=C/c1cc(C)cc(C#N)c1. The van der Waals surface area contributed by atoms with Gasteiger partial charge in [-0.2, -0.15) is 5.26 Å². The number of nitriles is 1. The average Bonchev–Trinajstić information content (AvgIpc) is 2.04. The number of rotatable bonds is 1. The van der Waals surface area contributed by atoms with Crippen LogP contribution in [0.2, 0.25) is 0 Å². The molecule has 12 heavy (non-hydrogen) atoms. The number of benzene rings is 1. The molecule has 0 saturated heterocycles. The fourth-order valence-corrected chi connectivity index (χ4v) is 1.10. The van der Waals surface area contributed by atoms with E-state index in [0.29, 0.717) is 5.56 Å². The van der Waals surface area contributed by atoms with Crippen LogP contribution in [0, 0.1) is 18.3 Å². The van der Waals surface area contributed by atoms with Gasteiger partial charge in [-0.3, -0.25) is 4.99 Å². The van der Waals surface area contributed by atoms with Crippen molar-refractivity contribution in [1.82, 2.24) is 0 Å². The van der Waals surface area contributed by atoms with Crippen LogP contribution in [-0.2, 0) is 0 Å². The van der Waals surface area contributed by atoms with Gasteiger partial charge in [-0.1, -0.05) is 6.07 Å². The molecule has 1 aromatic carbocycles. The lowest BCUT2D eigenvalue weighted by molar-refractivity contribution is 1.40. The Kier molecular flexibility index (Phi) is 2.60. The zero-order valence-corrected chi connectivity index (χ0v) is 7.20. The fourth-order valence-electron chi connectivity index (χ4n) is 1.10. The van der Waals surface area contributed by atoms with E-state index in [2.05, 4.69) is 11.1 Å². The second-order valence-corrected chi connectivity index (χ2v) is 2.63. The minimum Gasteiger partial charge on any atom is -0.296 e. The van der Waals surface area contributed by atoms with E-state index in [9.17, 15) is 0 Å². The van der Waals surface area contributed by atoms with Gasteiger partial charge in [0.2, 0.25) is 0 Å². The highest BCUT2D eigenvalue weighted by Gasteiger charge is 1.94. The molecule has 0 atom stereocenters. The van der Waals surface area contributed by atoms with Gasteiger partial charge in [-0.15, -0.1) is 0 Å². The van der Waals surface area contributed by atoms with Gasteiger partial charge in [0.25, 0.3) is 0 Å². The van der Waals surface area contributed by atoms with Gasteiger partial charge in [0.1, 0.15) is 0 Å². The first kappa shape index (κ1) is 8.48. The first-order chi connectivity index (χ1) is 5.76. The van der Waals surface area contributed by atoms with E-state index in [0.717, 1.165) is 11.1 Å². The molecule has 0 spiro atoms. The molecule has 0 fully saturated rings. The normalized spacial score (nSPS) is 10.1. The molecule has 2 nitrogen and oxygen atoms in total. The van der Waals surface area contributed by atoms with Gasteiger partial charge in [0.05, 0.1) is 11.6 Å². The van der Waals surface area contributed by atoms with E-state index < -0.39 is 0 Å². The molecule has 60 valence electrons. The Labute approximate surface area is 72.2 Å². The molecule has 2 heteroatoms. The van der Waals surface area contributed by atoms with Crippen LogP contribution >= 0.6 is 0 Å². The van der Waals surface area contributed by atoms with Crippen molar-refractivity contribution in [3.8, 4) is 6.07 Å². The minimum atomic E-state index is 0.685. The fraction of sp³-hybridized carbons (Fsp3) is 0.200. The summed E-state index contributed by atoms with van der Waals surface area (Å²) in [6.07, 6.45) is 1.74. The van der Waals surface area contributed by atoms with Crippen molar-refractivity contribution in [2.75, 3.05) is 7.05 Å². The second-order valence-electron chi connectivity index (χ2n) is 2.63. The Bertz CT molecular complexity index is 345. The van der Waals surface area contributed by atoms with Crippen LogP contribution in [0.1, 0.15) is 16.7 Å². The Hall–Kier alpha value is -1.62. The van der Waals surface area contributed by atoms with Crippen molar-refractivity contribution >= 4 is 6.21 Å². The summed E-state index contributed by atoms with van der Waals surface area (Å²) in [6, 6.07) is 7.77. The summed E-state index contributed by atoms with van der Waals surface area (Å²) in [5, 5.41) is 8.66. The Morgan fingerprint density at radius 2 is 2.17 bits per heavy atom. The quantitative estimate of drug-likeness (QED) is 0.575. The third-order valence-corrected chi connectivity index (χ3v) is 1.51. The van der Waals surface area contributed by atoms with E-state index in [1.165, 1.54) is 0 Å². The second kappa shape index (κ2) is 3.68. The van der Waals surface area contributed by atoms with Gasteiger partial charge in [-0.05, 0) is 30.2 Å². The van der Waals surface area contributed by atoms with Crippen molar-refractivity contribution in [2.24, 2.45) is 4.99 Å². The molecule has 1 aromatic rings. The summed E-state index contributed by atoms with van der Waals surface area (Å²) in [7, 11) is 1.72. The van der Waals surface area contributed by atoms with Crippen LogP contribution in [0.4, 0.5) is 0 Å². The molecule has 0 N–H and O–H groups in total. The zero-order valence-electron chi connectivity index (χ0n) is 7.20. The lowest BCUT2D eigenvalue weighted by Crippen LogP contribution is -1.85. The molecule has 0 amide bonds. The van der Waals surface area contributed by atoms with Gasteiger partial charge in [0.15, 0.2) is 0 Å². The standard InChI is InChI=1S/C10H10N2/c1-8-3-9(6-11)5-10(4-8)7-12-2/h3-5,7H,1-2H3/b12-7+. The smallest absolute Gasteiger partial charge is 0.0991 e. The first-order valence-corrected chi connectivity index (χ1v) is 3.70. The average molecular weight is 158 g/mol. The molecule has 0 aliphatic heterocycles. The number of nitrogens with zero attached hydrogens (tertiary/aromatic N) is 2. The minimum absolute atomic E-state index is 0.685. The summed E-state index contributed by atoms with van der Waals surface area (Å²) in [5.74, 6) is 0. The van der Waals surface area contributed by atoms with Crippen molar-refractivity contribution < 1.29 is 0 Å². The number of hydrogen-bond acceptors (Lipinski definition) is 2. The topological polar surface area (TPSA) is 36.1 Å². The van der Waals surface area contributed by atoms with Gasteiger partial charge >= 0.3 is 0 Å². The van der Waals surface area contributed by atoms with Crippen LogP contribution in [-0.4, -0.2) is 13.3 Å². The molecule has 0 radical (unpaired) electrons. The van der Waals surface area contributed by atoms with Crippen LogP contribution in [0.15, 0.2) is 23.2 Å². The molecule has 0 aliphatic rings. The summed E-state index contributed by atoms with van der Waals surface area (Å²) in [5.41, 5.74) is 2.75. The van der Waals surface area contributed by atoms with Gasteiger partial charge < -0.3 is 0 Å². The van der Waals surface area contributed by atoms with Crippen LogP contribution in [0.5, 0.6) is 0 Å². The summed E-state index contributed by atoms with van der Waals surface area (Å²) >= 11 is 0. The van der Waals surface area contributed by atoms with Gasteiger partial charge in [0, 0.05) is 13.3 Å². The largest absolute Gasteiger partial charge is 0.296 e. The third kappa shape index (κ3) is 1.93. The number of aliphatic imine (C=N–C) groups is 1. The molecule has 0 bridgehead atoms. The Balaban J connectivity index is 3.17. The number of hydrogen-bond donors (Lipinski definition) is 0. The molecule has 0 unspecified atom stereocenters. The lowest BCUT2D eigenvalue weighted by atomic mass is 10.1. The lowest BCUT2D eigenvalue weighted by Gasteiger charge is -1.96. The van der Waals surface area contributed by atoms with Crippen LogP contribution in [0.25, 0.3) is 0 Å². The van der Waals surface area contributed by atoms with Crippen molar-refractivity contribution in [2.45, 2.75) is 6.92 Å². The summed E-state index contributed by atoms with van der Waals surface area (Å²) in [6.45, 7) is 1.97. The predicted octanol–water partition coefficient (Wildman–Crippen LogP) is 1.92. The maximum absolute atomic E-state index is 8.66. The highest BCUT2D eigenvalue weighted by molar-refractivity contribution is 5.80. The monoisotopic (exact) mass is 158 g/mol. The number of aryl methyl sites for hydroxylation is 1. The summed E-state index contributed by atoms with van der Waals surface area (Å²) in [4.78, 5) is 3.89. The van der Waals surface area contributed by atoms with E-state index in [4.69, 9.17) is 5.26 Å². The van der Waals surface area contributed by atoms with Crippen molar-refractivity contribution in [3.05, 3.63) is 34.9 Å². The molecule has 0 aromatic heterocycles. The molecule has 1 rings (SSSR count). The maximum Gasteiger partial charge on any atom is 0.0991 e. The van der Waals surface area contributed by atoms with E-state index in [1.54, 1.807) is 13.3 Å². The zero-order chi connectivity index (χ0) is 8.97. The maximum atomic E-state index is 8.66. The van der Waals surface area contributed by atoms with Crippen LogP contribution in [0.3, 0.4) is 0 Å². The predicted molar refractivity (Wildman–Crippen MR) is 49.4 cm³/mol. The first-order valence-electron chi connectivity index (χ1n) is 3.70. The van der Waals surface area contributed by atoms with Gasteiger partial charge in [-0.25, -0.2) is 0 Å². The Morgan fingerprint density at radius 3 is 2.75 bits per heavy atom. The van der Waals surface area contributed by atoms with Crippen molar-refractivity contribution in [3.63, 3.8) is 0 Å². The highest BCUT2D eigenvalue weighted by atomic mass is 14.6. The third-order valence-electron chi connectivity index (χ3n) is 1.51. The molecule has 0 saturated carbocycles. The van der Waals surface area contributed by atoms with E-state index in [1.807, 2.05) is 25.1 Å². The Morgan fingerprint density at radius 1 is 1.42 bits per heavy atom. The summed E-state index contributed by atoms with van der Waals surface area (Å²) < 4.78 is 0. The molecule has 0 heterocycles. The highest BCUT2D eigenvalue weighted by Crippen LogP contribution is 2.06. The van der Waals surface area contributed by atoms with E-state index >= 15 is 0 Å². The molecular formula is C10H10N2. The molecule has 0 aliphatic carbocycles. The van der Waals surface area contributed by atoms with Crippen molar-refractivity contribution in [1.29, 1.82) is 5.26 Å².